The average molecular weight is 282 g/mol. The largest absolute Gasteiger partial charge is 0.375 e. The molecule has 2 aliphatic heterocycles. The summed E-state index contributed by atoms with van der Waals surface area (Å²) in [5.41, 5.74) is 6.67. The van der Waals surface area contributed by atoms with Gasteiger partial charge < -0.3 is 10.5 Å². The number of thioether (sulfide) groups is 1. The van der Waals surface area contributed by atoms with Gasteiger partial charge in [-0.3, -0.25) is 0 Å². The second-order valence-corrected chi connectivity index (χ2v) is 6.74. The highest BCUT2D eigenvalue weighted by atomic mass is 32.2. The number of nitrogens with zero attached hydrogens (tertiary/aromatic N) is 3. The van der Waals surface area contributed by atoms with Crippen LogP contribution in [-0.4, -0.2) is 45.3 Å². The highest BCUT2D eigenvalue weighted by Gasteiger charge is 2.39. The van der Waals surface area contributed by atoms with Gasteiger partial charge in [0, 0.05) is 19.2 Å². The summed E-state index contributed by atoms with van der Waals surface area (Å²) in [6.45, 7) is 1.48. The fourth-order valence-corrected chi connectivity index (χ4v) is 4.31. The normalized spacial score (nSPS) is 26.7. The summed E-state index contributed by atoms with van der Waals surface area (Å²) < 4.78 is 8.16. The predicted molar refractivity (Wildman–Crippen MR) is 76.3 cm³/mol. The van der Waals surface area contributed by atoms with E-state index in [1.165, 1.54) is 24.3 Å². The molecule has 0 saturated carbocycles. The van der Waals surface area contributed by atoms with Crippen molar-refractivity contribution >= 4 is 11.8 Å². The Balaban J connectivity index is 1.69. The van der Waals surface area contributed by atoms with Crippen molar-refractivity contribution in [3.05, 3.63) is 11.9 Å². The van der Waals surface area contributed by atoms with Crippen molar-refractivity contribution in [3.63, 3.8) is 0 Å². The molecule has 19 heavy (non-hydrogen) atoms. The number of hydrogen-bond acceptors (Lipinski definition) is 5. The molecule has 1 spiro atoms. The summed E-state index contributed by atoms with van der Waals surface area (Å²) in [5, 5.41) is 8.49. The van der Waals surface area contributed by atoms with Gasteiger partial charge in [-0.1, -0.05) is 5.21 Å². The fraction of sp³-hybridized carbons (Fsp3) is 0.846. The molecule has 0 aromatic carbocycles. The van der Waals surface area contributed by atoms with Gasteiger partial charge in [0.05, 0.1) is 17.3 Å². The third-order valence-electron chi connectivity index (χ3n) is 4.20. The third-order valence-corrected chi connectivity index (χ3v) is 5.19. The van der Waals surface area contributed by atoms with E-state index in [0.29, 0.717) is 12.6 Å². The Bertz CT molecular complexity index is 411. The summed E-state index contributed by atoms with van der Waals surface area (Å²) >= 11 is 2.04. The average Bonchev–Trinajstić information content (AvgIpc) is 2.89. The minimum absolute atomic E-state index is 0.105. The van der Waals surface area contributed by atoms with Crippen molar-refractivity contribution in [3.8, 4) is 0 Å². The van der Waals surface area contributed by atoms with Crippen molar-refractivity contribution in [2.75, 3.05) is 24.7 Å². The van der Waals surface area contributed by atoms with Gasteiger partial charge in [-0.05, 0) is 43.7 Å². The lowest BCUT2D eigenvalue weighted by atomic mass is 9.85. The highest BCUT2D eigenvalue weighted by molar-refractivity contribution is 7.99. The van der Waals surface area contributed by atoms with E-state index >= 15 is 0 Å². The maximum absolute atomic E-state index is 6.12. The van der Waals surface area contributed by atoms with Crippen molar-refractivity contribution in [1.82, 2.24) is 15.0 Å². The molecule has 6 heteroatoms. The zero-order valence-corrected chi connectivity index (χ0v) is 12.1. The molecule has 106 valence electrons. The molecule has 2 fully saturated rings. The minimum Gasteiger partial charge on any atom is -0.375 e. The first-order valence-corrected chi connectivity index (χ1v) is 8.29. The van der Waals surface area contributed by atoms with Crippen LogP contribution >= 0.6 is 11.8 Å². The Kier molecular flexibility index (Phi) is 4.10. The van der Waals surface area contributed by atoms with Gasteiger partial charge in [0.1, 0.15) is 0 Å². The van der Waals surface area contributed by atoms with Crippen LogP contribution in [0, 0.1) is 0 Å². The number of ether oxygens (including phenoxy) is 1. The molecule has 0 bridgehead atoms. The van der Waals surface area contributed by atoms with Crippen LogP contribution in [0.4, 0.5) is 0 Å². The van der Waals surface area contributed by atoms with Crippen LogP contribution in [0.15, 0.2) is 6.20 Å². The second kappa shape index (κ2) is 5.81. The molecule has 2 aliphatic rings. The van der Waals surface area contributed by atoms with Crippen molar-refractivity contribution in [1.29, 1.82) is 0 Å². The summed E-state index contributed by atoms with van der Waals surface area (Å²) in [7, 11) is 0. The van der Waals surface area contributed by atoms with Gasteiger partial charge in [0.25, 0.3) is 0 Å². The smallest absolute Gasteiger partial charge is 0.0839 e. The number of nitrogens with two attached hydrogens (primary N) is 1. The van der Waals surface area contributed by atoms with Crippen LogP contribution in [0.2, 0.25) is 0 Å². The Labute approximate surface area is 118 Å². The molecule has 0 aliphatic carbocycles. The highest BCUT2D eigenvalue weighted by Crippen LogP contribution is 2.41. The molecule has 2 saturated heterocycles. The van der Waals surface area contributed by atoms with Crippen LogP contribution in [0.3, 0.4) is 0 Å². The topological polar surface area (TPSA) is 66.0 Å². The molecule has 1 atom stereocenters. The SMILES string of the molecule is NCCc1cn(C2CCOC3(CCSCC3)C2)nn1. The van der Waals surface area contributed by atoms with Crippen molar-refractivity contribution < 1.29 is 4.74 Å². The van der Waals surface area contributed by atoms with Gasteiger partial charge in [0.15, 0.2) is 0 Å². The molecule has 3 heterocycles. The lowest BCUT2D eigenvalue weighted by molar-refractivity contribution is -0.100. The molecular formula is C13H22N4OS. The van der Waals surface area contributed by atoms with Gasteiger partial charge in [-0.25, -0.2) is 4.68 Å². The maximum atomic E-state index is 6.12. The zero-order valence-electron chi connectivity index (χ0n) is 11.3. The number of aromatic nitrogens is 3. The van der Waals surface area contributed by atoms with E-state index in [-0.39, 0.29) is 5.60 Å². The summed E-state index contributed by atoms with van der Waals surface area (Å²) in [4.78, 5) is 0. The van der Waals surface area contributed by atoms with Crippen LogP contribution in [0.1, 0.15) is 37.4 Å². The van der Waals surface area contributed by atoms with Crippen molar-refractivity contribution in [2.24, 2.45) is 5.73 Å². The first-order valence-electron chi connectivity index (χ1n) is 7.14. The van der Waals surface area contributed by atoms with Crippen molar-refractivity contribution in [2.45, 2.75) is 43.7 Å². The molecule has 0 amide bonds. The molecule has 1 unspecified atom stereocenters. The van der Waals surface area contributed by atoms with Gasteiger partial charge in [-0.15, -0.1) is 5.10 Å². The Hall–Kier alpha value is -0.590. The monoisotopic (exact) mass is 282 g/mol. The van der Waals surface area contributed by atoms with Gasteiger partial charge in [0.2, 0.25) is 0 Å². The second-order valence-electron chi connectivity index (χ2n) is 5.52. The fourth-order valence-electron chi connectivity index (χ4n) is 3.07. The summed E-state index contributed by atoms with van der Waals surface area (Å²) in [5.74, 6) is 2.45. The van der Waals surface area contributed by atoms with Gasteiger partial charge >= 0.3 is 0 Å². The van der Waals surface area contributed by atoms with Gasteiger partial charge in [-0.2, -0.15) is 11.8 Å². The first-order chi connectivity index (χ1) is 9.31. The minimum atomic E-state index is 0.105. The molecule has 5 nitrogen and oxygen atoms in total. The van der Waals surface area contributed by atoms with Crippen LogP contribution < -0.4 is 5.73 Å². The lowest BCUT2D eigenvalue weighted by Gasteiger charge is -2.43. The number of hydrogen-bond donors (Lipinski definition) is 1. The lowest BCUT2D eigenvalue weighted by Crippen LogP contribution is -2.43. The Morgan fingerprint density at radius 2 is 2.32 bits per heavy atom. The zero-order chi connectivity index (χ0) is 13.1. The standard InChI is InChI=1S/C13H22N4OS/c14-5-1-11-10-17(16-15-11)12-2-6-18-13(9-12)3-7-19-8-4-13/h10,12H,1-9,14H2. The molecule has 1 aromatic rings. The van der Waals surface area contributed by atoms with Crippen LogP contribution in [0.25, 0.3) is 0 Å². The van der Waals surface area contributed by atoms with Crippen LogP contribution in [-0.2, 0) is 11.2 Å². The molecular weight excluding hydrogens is 260 g/mol. The van der Waals surface area contributed by atoms with E-state index < -0.39 is 0 Å². The molecule has 2 N–H and O–H groups in total. The van der Waals surface area contributed by atoms with E-state index in [1.807, 2.05) is 16.4 Å². The summed E-state index contributed by atoms with van der Waals surface area (Å²) in [6, 6.07) is 0.441. The molecule has 1 aromatic heterocycles. The van der Waals surface area contributed by atoms with E-state index in [9.17, 15) is 0 Å². The van der Waals surface area contributed by atoms with E-state index in [0.717, 1.165) is 31.6 Å². The number of rotatable bonds is 3. The van der Waals surface area contributed by atoms with E-state index in [4.69, 9.17) is 10.5 Å². The molecule has 3 rings (SSSR count). The van der Waals surface area contributed by atoms with Crippen LogP contribution in [0.5, 0.6) is 0 Å². The quantitative estimate of drug-likeness (QED) is 0.907. The first kappa shape index (κ1) is 13.4. The summed E-state index contributed by atoms with van der Waals surface area (Å²) in [6.07, 6.45) is 7.36. The Morgan fingerprint density at radius 1 is 1.47 bits per heavy atom. The predicted octanol–water partition coefficient (Wildman–Crippen LogP) is 1.40. The maximum Gasteiger partial charge on any atom is 0.0839 e. The third kappa shape index (κ3) is 2.95. The van der Waals surface area contributed by atoms with E-state index in [2.05, 4.69) is 16.5 Å². The Morgan fingerprint density at radius 3 is 3.11 bits per heavy atom. The van der Waals surface area contributed by atoms with E-state index in [1.54, 1.807) is 0 Å². The molecule has 0 radical (unpaired) electrons.